The van der Waals surface area contributed by atoms with Gasteiger partial charge in [0.15, 0.2) is 0 Å². The fraction of sp³-hybridized carbons (Fsp3) is 0.533. The number of hydrogen-bond donors (Lipinski definition) is 3. The average molecular weight is 264 g/mol. The molecule has 1 amide bonds. The third-order valence-corrected chi connectivity index (χ3v) is 3.19. The number of benzene rings is 1. The first-order valence-electron chi connectivity index (χ1n) is 6.63. The number of nitrogens with two attached hydrogens (primary N) is 1. The van der Waals surface area contributed by atoms with Crippen molar-refractivity contribution in [3.05, 3.63) is 35.9 Å². The van der Waals surface area contributed by atoms with E-state index in [-0.39, 0.29) is 12.5 Å². The summed E-state index contributed by atoms with van der Waals surface area (Å²) in [5.41, 5.74) is 5.93. The molecule has 4 nitrogen and oxygen atoms in total. The second-order valence-electron chi connectivity index (χ2n) is 5.58. The summed E-state index contributed by atoms with van der Waals surface area (Å²) in [5.74, 6) is 0.131. The van der Waals surface area contributed by atoms with Crippen LogP contribution in [-0.2, 0) is 10.3 Å². The summed E-state index contributed by atoms with van der Waals surface area (Å²) >= 11 is 0. The summed E-state index contributed by atoms with van der Waals surface area (Å²) in [6.07, 6.45) is 0.627. The Hall–Kier alpha value is -1.39. The largest absolute Gasteiger partial charge is 0.394 e. The van der Waals surface area contributed by atoms with Gasteiger partial charge in [-0.2, -0.15) is 0 Å². The zero-order chi connectivity index (χ0) is 14.5. The third-order valence-electron chi connectivity index (χ3n) is 3.19. The number of amides is 1. The number of carbonyl (C=O) groups excluding carboxylic acids is 1. The Balaban J connectivity index is 2.79. The van der Waals surface area contributed by atoms with Crippen LogP contribution < -0.4 is 11.1 Å². The molecular weight excluding hydrogens is 240 g/mol. The first-order valence-corrected chi connectivity index (χ1v) is 6.63. The highest BCUT2D eigenvalue weighted by molar-refractivity contribution is 5.82. The highest BCUT2D eigenvalue weighted by atomic mass is 16.3. The molecule has 0 radical (unpaired) electrons. The molecule has 0 aliphatic heterocycles. The van der Waals surface area contributed by atoms with Gasteiger partial charge in [0.05, 0.1) is 18.2 Å². The number of rotatable bonds is 6. The lowest BCUT2D eigenvalue weighted by molar-refractivity contribution is -0.125. The van der Waals surface area contributed by atoms with Gasteiger partial charge in [-0.05, 0) is 24.8 Å². The number of nitrogens with one attached hydrogen (secondary N) is 1. The number of hydrogen-bond acceptors (Lipinski definition) is 3. The van der Waals surface area contributed by atoms with Crippen LogP contribution in [0.15, 0.2) is 30.3 Å². The monoisotopic (exact) mass is 264 g/mol. The highest BCUT2D eigenvalue weighted by Crippen LogP contribution is 2.20. The van der Waals surface area contributed by atoms with E-state index in [1.165, 1.54) is 0 Å². The Morgan fingerprint density at radius 1 is 1.37 bits per heavy atom. The molecule has 4 heteroatoms. The van der Waals surface area contributed by atoms with Crippen LogP contribution in [0.1, 0.15) is 32.8 Å². The molecule has 0 aliphatic carbocycles. The summed E-state index contributed by atoms with van der Waals surface area (Å²) < 4.78 is 0. The van der Waals surface area contributed by atoms with Crippen molar-refractivity contribution in [1.29, 1.82) is 0 Å². The van der Waals surface area contributed by atoms with E-state index in [0.717, 1.165) is 5.56 Å². The van der Waals surface area contributed by atoms with E-state index < -0.39 is 11.6 Å². The fourth-order valence-corrected chi connectivity index (χ4v) is 1.99. The number of aliphatic hydroxyl groups excluding tert-OH is 1. The van der Waals surface area contributed by atoms with Crippen molar-refractivity contribution in [2.75, 3.05) is 6.61 Å². The Morgan fingerprint density at radius 2 is 1.95 bits per heavy atom. The van der Waals surface area contributed by atoms with Gasteiger partial charge in [-0.1, -0.05) is 44.2 Å². The van der Waals surface area contributed by atoms with Gasteiger partial charge >= 0.3 is 0 Å². The van der Waals surface area contributed by atoms with Crippen molar-refractivity contribution in [2.45, 2.75) is 38.8 Å². The van der Waals surface area contributed by atoms with Crippen LogP contribution in [-0.4, -0.2) is 23.7 Å². The molecule has 106 valence electrons. The second-order valence-corrected chi connectivity index (χ2v) is 5.58. The van der Waals surface area contributed by atoms with Crippen molar-refractivity contribution in [3.63, 3.8) is 0 Å². The Bertz CT molecular complexity index is 406. The van der Waals surface area contributed by atoms with Gasteiger partial charge in [-0.3, -0.25) is 4.79 Å². The SMILES string of the molecule is CC(C)C[C@H](N)C(=O)NC(C)(CO)c1ccccc1. The van der Waals surface area contributed by atoms with Crippen LogP contribution in [0.4, 0.5) is 0 Å². The Morgan fingerprint density at radius 3 is 2.42 bits per heavy atom. The van der Waals surface area contributed by atoms with Gasteiger partial charge in [-0.25, -0.2) is 0 Å². The van der Waals surface area contributed by atoms with Gasteiger partial charge in [0, 0.05) is 0 Å². The van der Waals surface area contributed by atoms with Crippen molar-refractivity contribution in [2.24, 2.45) is 11.7 Å². The van der Waals surface area contributed by atoms with E-state index in [1.807, 2.05) is 44.2 Å². The maximum absolute atomic E-state index is 12.1. The molecular formula is C15H24N2O2. The fourth-order valence-electron chi connectivity index (χ4n) is 1.99. The van der Waals surface area contributed by atoms with Crippen molar-refractivity contribution in [1.82, 2.24) is 5.32 Å². The van der Waals surface area contributed by atoms with Crippen LogP contribution in [0, 0.1) is 5.92 Å². The predicted octanol–water partition coefficient (Wildman–Crippen LogP) is 1.38. The first kappa shape index (κ1) is 15.7. The van der Waals surface area contributed by atoms with E-state index in [2.05, 4.69) is 5.32 Å². The predicted molar refractivity (Wildman–Crippen MR) is 76.5 cm³/mol. The standard InChI is InChI=1S/C15H24N2O2/c1-11(2)9-13(16)14(19)17-15(3,10-18)12-7-5-4-6-8-12/h4-8,11,13,18H,9-10,16H2,1-3H3,(H,17,19)/t13-,15?/m0/s1. The minimum Gasteiger partial charge on any atom is -0.394 e. The van der Waals surface area contributed by atoms with Gasteiger partial charge in [0.1, 0.15) is 0 Å². The van der Waals surface area contributed by atoms with E-state index >= 15 is 0 Å². The molecule has 0 saturated heterocycles. The quantitative estimate of drug-likeness (QED) is 0.726. The summed E-state index contributed by atoms with van der Waals surface area (Å²) in [5, 5.41) is 12.4. The minimum absolute atomic E-state index is 0.169. The first-order chi connectivity index (χ1) is 8.89. The summed E-state index contributed by atoms with van der Waals surface area (Å²) in [4.78, 5) is 12.1. The molecule has 1 unspecified atom stereocenters. The van der Waals surface area contributed by atoms with Crippen molar-refractivity contribution in [3.8, 4) is 0 Å². The Kier molecular flexibility index (Phi) is 5.51. The number of carbonyl (C=O) groups is 1. The molecule has 0 fully saturated rings. The lowest BCUT2D eigenvalue weighted by Gasteiger charge is -2.31. The lowest BCUT2D eigenvalue weighted by atomic mass is 9.92. The van der Waals surface area contributed by atoms with Crippen molar-refractivity contribution >= 4 is 5.91 Å². The molecule has 0 spiro atoms. The third kappa shape index (κ3) is 4.33. The summed E-state index contributed by atoms with van der Waals surface area (Å²) in [6.45, 7) is 5.67. The van der Waals surface area contributed by atoms with Crippen LogP contribution >= 0.6 is 0 Å². The summed E-state index contributed by atoms with van der Waals surface area (Å²) in [7, 11) is 0. The molecule has 1 rings (SSSR count). The van der Waals surface area contributed by atoms with E-state index in [1.54, 1.807) is 6.92 Å². The maximum Gasteiger partial charge on any atom is 0.237 e. The smallest absolute Gasteiger partial charge is 0.237 e. The normalized spacial score (nSPS) is 15.9. The van der Waals surface area contributed by atoms with Gasteiger partial charge in [-0.15, -0.1) is 0 Å². The molecule has 1 aromatic rings. The summed E-state index contributed by atoms with van der Waals surface area (Å²) in [6, 6.07) is 8.87. The average Bonchev–Trinajstić information content (AvgIpc) is 2.38. The van der Waals surface area contributed by atoms with Crippen LogP contribution in [0.2, 0.25) is 0 Å². The van der Waals surface area contributed by atoms with Gasteiger partial charge in [0.25, 0.3) is 0 Å². The Labute approximate surface area is 115 Å². The molecule has 4 N–H and O–H groups in total. The minimum atomic E-state index is -0.799. The zero-order valence-corrected chi connectivity index (χ0v) is 11.9. The molecule has 0 saturated carbocycles. The van der Waals surface area contributed by atoms with E-state index in [0.29, 0.717) is 12.3 Å². The van der Waals surface area contributed by atoms with Crippen LogP contribution in [0.25, 0.3) is 0 Å². The molecule has 0 heterocycles. The second kappa shape index (κ2) is 6.68. The lowest BCUT2D eigenvalue weighted by Crippen LogP contribution is -2.52. The maximum atomic E-state index is 12.1. The van der Waals surface area contributed by atoms with E-state index in [9.17, 15) is 9.90 Å². The zero-order valence-electron chi connectivity index (χ0n) is 11.9. The van der Waals surface area contributed by atoms with Gasteiger partial charge in [0.2, 0.25) is 5.91 Å². The molecule has 0 bridgehead atoms. The molecule has 1 aromatic carbocycles. The van der Waals surface area contributed by atoms with E-state index in [4.69, 9.17) is 5.73 Å². The van der Waals surface area contributed by atoms with Crippen LogP contribution in [0.5, 0.6) is 0 Å². The van der Waals surface area contributed by atoms with Gasteiger partial charge < -0.3 is 16.2 Å². The van der Waals surface area contributed by atoms with Crippen molar-refractivity contribution < 1.29 is 9.90 Å². The molecule has 2 atom stereocenters. The topological polar surface area (TPSA) is 75.4 Å². The molecule has 19 heavy (non-hydrogen) atoms. The molecule has 0 aliphatic rings. The molecule has 0 aromatic heterocycles. The highest BCUT2D eigenvalue weighted by Gasteiger charge is 2.29. The van der Waals surface area contributed by atoms with Crippen LogP contribution in [0.3, 0.4) is 0 Å². The number of aliphatic hydroxyl groups is 1.